The van der Waals surface area contributed by atoms with Crippen molar-refractivity contribution in [2.75, 3.05) is 16.4 Å². The van der Waals surface area contributed by atoms with Gasteiger partial charge in [-0.1, -0.05) is 0 Å². The number of hydrogen-bond donors (Lipinski definition) is 1. The van der Waals surface area contributed by atoms with Crippen LogP contribution >= 0.6 is 12.2 Å². The van der Waals surface area contributed by atoms with Crippen LogP contribution < -0.4 is 14.5 Å². The minimum absolute atomic E-state index is 0.0522. The van der Waals surface area contributed by atoms with Crippen LogP contribution in [0.3, 0.4) is 0 Å². The van der Waals surface area contributed by atoms with Crippen LogP contribution in [0.5, 0.6) is 5.75 Å². The Balaban J connectivity index is 1.68. The summed E-state index contributed by atoms with van der Waals surface area (Å²) in [5.41, 5.74) is -4.02. The van der Waals surface area contributed by atoms with E-state index in [4.69, 9.17) is 22.2 Å². The van der Waals surface area contributed by atoms with Gasteiger partial charge in [-0.05, 0) is 69.2 Å². The third kappa shape index (κ3) is 4.08. The highest BCUT2D eigenvalue weighted by Crippen LogP contribution is 2.41. The SMILES string of the molecule is CC1(C)C(=O)N(c2ccc(C#N)c(C(F)(F)F)c2)C(=S)N1c1ccc(OCC2(O)CC2)c(F)c1. The zero-order valence-electron chi connectivity index (χ0n) is 18.1. The second-order valence-electron chi connectivity index (χ2n) is 8.78. The Morgan fingerprint density at radius 2 is 1.82 bits per heavy atom. The first-order valence-electron chi connectivity index (χ1n) is 10.2. The van der Waals surface area contributed by atoms with E-state index in [0.717, 1.165) is 17.0 Å². The number of aliphatic hydroxyl groups is 1. The van der Waals surface area contributed by atoms with Crippen LogP contribution in [0.25, 0.3) is 0 Å². The van der Waals surface area contributed by atoms with Crippen molar-refractivity contribution in [3.63, 3.8) is 0 Å². The number of amides is 1. The van der Waals surface area contributed by atoms with Crippen molar-refractivity contribution in [2.24, 2.45) is 0 Å². The van der Waals surface area contributed by atoms with E-state index in [2.05, 4.69) is 0 Å². The van der Waals surface area contributed by atoms with Gasteiger partial charge in [-0.15, -0.1) is 0 Å². The maximum absolute atomic E-state index is 14.7. The highest BCUT2D eigenvalue weighted by atomic mass is 32.1. The molecule has 1 heterocycles. The van der Waals surface area contributed by atoms with Crippen molar-refractivity contribution in [1.82, 2.24) is 0 Å². The number of halogens is 4. The lowest BCUT2D eigenvalue weighted by molar-refractivity contribution is -0.137. The van der Waals surface area contributed by atoms with E-state index in [1.54, 1.807) is 0 Å². The van der Waals surface area contributed by atoms with Crippen LogP contribution in [0.2, 0.25) is 0 Å². The van der Waals surface area contributed by atoms with Gasteiger partial charge in [0.05, 0.1) is 28.5 Å². The molecule has 1 N–H and O–H groups in total. The standard InChI is InChI=1S/C23H19F4N3O3S/c1-21(2)19(31)29(14-4-3-13(11-28)16(9-14)23(25,26)27)20(34)30(21)15-5-6-18(17(24)10-15)33-12-22(32)7-8-22/h3-6,9-10,32H,7-8,12H2,1-2H3. The van der Waals surface area contributed by atoms with Crippen molar-refractivity contribution in [1.29, 1.82) is 5.26 Å². The van der Waals surface area contributed by atoms with Gasteiger partial charge < -0.3 is 14.7 Å². The molecule has 2 aromatic rings. The number of thiocarbonyl (C=S) groups is 1. The average Bonchev–Trinajstić information content (AvgIpc) is 3.45. The number of carbonyl (C=O) groups is 1. The summed E-state index contributed by atoms with van der Waals surface area (Å²) in [7, 11) is 0. The van der Waals surface area contributed by atoms with Crippen molar-refractivity contribution < 1.29 is 32.2 Å². The fourth-order valence-electron chi connectivity index (χ4n) is 3.71. The second-order valence-corrected chi connectivity index (χ2v) is 9.15. The third-order valence-corrected chi connectivity index (χ3v) is 6.22. The Morgan fingerprint density at radius 1 is 1.18 bits per heavy atom. The van der Waals surface area contributed by atoms with Gasteiger partial charge in [-0.2, -0.15) is 18.4 Å². The first-order chi connectivity index (χ1) is 15.8. The Labute approximate surface area is 197 Å². The first-order valence-corrected chi connectivity index (χ1v) is 10.6. The van der Waals surface area contributed by atoms with Crippen LogP contribution in [-0.2, 0) is 11.0 Å². The number of nitrogens with zero attached hydrogens (tertiary/aromatic N) is 3. The average molecular weight is 493 g/mol. The molecule has 34 heavy (non-hydrogen) atoms. The zero-order valence-corrected chi connectivity index (χ0v) is 18.9. The normalized spacial score (nSPS) is 18.8. The number of carbonyl (C=O) groups excluding carboxylic acids is 1. The van der Waals surface area contributed by atoms with Crippen molar-refractivity contribution in [3.8, 4) is 11.8 Å². The Morgan fingerprint density at radius 3 is 2.38 bits per heavy atom. The monoisotopic (exact) mass is 493 g/mol. The minimum Gasteiger partial charge on any atom is -0.488 e. The summed E-state index contributed by atoms with van der Waals surface area (Å²) in [5.74, 6) is -1.45. The molecule has 0 bridgehead atoms. The van der Waals surface area contributed by atoms with Gasteiger partial charge in [0.25, 0.3) is 5.91 Å². The highest BCUT2D eigenvalue weighted by Gasteiger charge is 2.51. The van der Waals surface area contributed by atoms with Crippen molar-refractivity contribution in [2.45, 2.75) is 44.0 Å². The van der Waals surface area contributed by atoms with Gasteiger partial charge in [0.1, 0.15) is 12.1 Å². The predicted molar refractivity (Wildman–Crippen MR) is 119 cm³/mol. The number of nitriles is 1. The summed E-state index contributed by atoms with van der Waals surface area (Å²) in [6.07, 6.45) is -3.66. The zero-order chi connectivity index (χ0) is 25.1. The number of hydrogen-bond acceptors (Lipinski definition) is 5. The van der Waals surface area contributed by atoms with E-state index in [1.165, 1.54) is 43.0 Å². The van der Waals surface area contributed by atoms with Crippen molar-refractivity contribution in [3.05, 3.63) is 53.3 Å². The lowest BCUT2D eigenvalue weighted by Crippen LogP contribution is -2.44. The number of benzene rings is 2. The Kier molecular flexibility index (Phi) is 5.57. The Hall–Kier alpha value is -3.23. The maximum Gasteiger partial charge on any atom is 0.417 e. The first kappa shape index (κ1) is 23.9. The van der Waals surface area contributed by atoms with E-state index in [1.807, 2.05) is 0 Å². The summed E-state index contributed by atoms with van der Waals surface area (Å²) < 4.78 is 60.4. The van der Waals surface area contributed by atoms with Gasteiger partial charge in [0.2, 0.25) is 0 Å². The van der Waals surface area contributed by atoms with Crippen LogP contribution in [0.15, 0.2) is 36.4 Å². The lowest BCUT2D eigenvalue weighted by Gasteiger charge is -2.29. The second kappa shape index (κ2) is 7.92. The molecule has 0 aromatic heterocycles. The molecule has 0 atom stereocenters. The number of ether oxygens (including phenoxy) is 1. The summed E-state index contributed by atoms with van der Waals surface area (Å²) >= 11 is 5.43. The highest BCUT2D eigenvalue weighted by molar-refractivity contribution is 7.81. The largest absolute Gasteiger partial charge is 0.488 e. The molecule has 1 saturated carbocycles. The molecule has 6 nitrogen and oxygen atoms in total. The molecular formula is C23H19F4N3O3S. The molecule has 11 heteroatoms. The molecule has 1 aliphatic heterocycles. The summed E-state index contributed by atoms with van der Waals surface area (Å²) in [4.78, 5) is 15.5. The van der Waals surface area contributed by atoms with Crippen LogP contribution in [0, 0.1) is 17.1 Å². The fourth-order valence-corrected chi connectivity index (χ4v) is 4.23. The molecule has 2 aromatic carbocycles. The summed E-state index contributed by atoms with van der Waals surface area (Å²) in [6.45, 7) is 2.98. The molecule has 1 saturated heterocycles. The van der Waals surface area contributed by atoms with Crippen LogP contribution in [0.4, 0.5) is 28.9 Å². The predicted octanol–water partition coefficient (Wildman–Crippen LogP) is 4.54. The topological polar surface area (TPSA) is 76.8 Å². The van der Waals surface area contributed by atoms with Gasteiger partial charge in [-0.3, -0.25) is 9.69 Å². The molecule has 1 aliphatic carbocycles. The Bertz CT molecular complexity index is 1230. The maximum atomic E-state index is 14.7. The van der Waals surface area contributed by atoms with Gasteiger partial charge >= 0.3 is 6.18 Å². The number of anilines is 2. The molecule has 2 aliphatic rings. The summed E-state index contributed by atoms with van der Waals surface area (Å²) in [5, 5.41) is 18.8. The molecular weight excluding hydrogens is 474 g/mol. The molecule has 1 amide bonds. The third-order valence-electron chi connectivity index (χ3n) is 5.85. The van der Waals surface area contributed by atoms with Gasteiger partial charge in [0.15, 0.2) is 16.7 Å². The quantitative estimate of drug-likeness (QED) is 0.487. The molecule has 0 unspecified atom stereocenters. The van der Waals surface area contributed by atoms with Crippen molar-refractivity contribution >= 4 is 34.6 Å². The van der Waals surface area contributed by atoms with Gasteiger partial charge in [-0.25, -0.2) is 4.39 Å². The smallest absolute Gasteiger partial charge is 0.417 e. The molecule has 2 fully saturated rings. The number of rotatable bonds is 5. The van der Waals surface area contributed by atoms with E-state index in [9.17, 15) is 27.5 Å². The van der Waals surface area contributed by atoms with E-state index in [-0.39, 0.29) is 28.8 Å². The van der Waals surface area contributed by atoms with Gasteiger partial charge in [0, 0.05) is 11.8 Å². The van der Waals surface area contributed by atoms with E-state index < -0.39 is 40.2 Å². The van der Waals surface area contributed by atoms with Crippen LogP contribution in [0.1, 0.15) is 37.8 Å². The lowest BCUT2D eigenvalue weighted by atomic mass is 10.0. The van der Waals surface area contributed by atoms with E-state index in [0.29, 0.717) is 18.9 Å². The van der Waals surface area contributed by atoms with E-state index >= 15 is 0 Å². The molecule has 178 valence electrons. The summed E-state index contributed by atoms with van der Waals surface area (Å²) in [6, 6.07) is 8.29. The fraction of sp³-hybridized carbons (Fsp3) is 0.348. The minimum atomic E-state index is -4.81. The molecule has 4 rings (SSSR count). The molecule has 0 spiro atoms. The van der Waals surface area contributed by atoms with Crippen LogP contribution in [-0.4, -0.2) is 33.9 Å². The number of alkyl halides is 3. The molecule has 0 radical (unpaired) electrons.